The van der Waals surface area contributed by atoms with Crippen LogP contribution in [0.5, 0.6) is 0 Å². The summed E-state index contributed by atoms with van der Waals surface area (Å²) in [5, 5.41) is 5.23. The van der Waals surface area contributed by atoms with Gasteiger partial charge < -0.3 is 5.32 Å². The fourth-order valence-corrected chi connectivity index (χ4v) is 3.26. The Hall–Kier alpha value is -0.390. The molecule has 0 amide bonds. The second kappa shape index (κ2) is 4.85. The van der Waals surface area contributed by atoms with Crippen LogP contribution in [0.1, 0.15) is 31.7 Å². The lowest BCUT2D eigenvalue weighted by molar-refractivity contribution is 0.433. The van der Waals surface area contributed by atoms with Crippen molar-refractivity contribution in [1.82, 2.24) is 5.32 Å². The molecule has 1 aromatic rings. The third-order valence-electron chi connectivity index (χ3n) is 2.89. The molecule has 1 unspecified atom stereocenters. The van der Waals surface area contributed by atoms with Crippen LogP contribution in [0.2, 0.25) is 0 Å². The Kier molecular flexibility index (Phi) is 4.15. The van der Waals surface area contributed by atoms with Gasteiger partial charge in [0, 0.05) is 11.1 Å². The standard InChI is InChI=1S/C11H19NO2S2/c1-5-12-10(9-7-6-8-15-9)11(2,3)16(4,13)14/h6-8,10,12H,5H2,1-4H3. The van der Waals surface area contributed by atoms with E-state index in [2.05, 4.69) is 5.32 Å². The van der Waals surface area contributed by atoms with Crippen LogP contribution in [-0.4, -0.2) is 26.0 Å². The summed E-state index contributed by atoms with van der Waals surface area (Å²) >= 11 is 1.59. The predicted octanol–water partition coefficient (Wildman–Crippen LogP) is 2.22. The molecule has 0 saturated heterocycles. The zero-order valence-corrected chi connectivity index (χ0v) is 11.8. The topological polar surface area (TPSA) is 46.2 Å². The largest absolute Gasteiger partial charge is 0.308 e. The van der Waals surface area contributed by atoms with E-state index in [0.717, 1.165) is 11.4 Å². The van der Waals surface area contributed by atoms with E-state index in [1.807, 2.05) is 24.4 Å². The number of nitrogens with one attached hydrogen (secondary N) is 1. The van der Waals surface area contributed by atoms with Gasteiger partial charge in [-0.1, -0.05) is 13.0 Å². The van der Waals surface area contributed by atoms with Gasteiger partial charge in [0.05, 0.1) is 10.8 Å². The smallest absolute Gasteiger partial charge is 0.154 e. The lowest BCUT2D eigenvalue weighted by atomic mass is 10.0. The van der Waals surface area contributed by atoms with Gasteiger partial charge in [-0.05, 0) is 31.8 Å². The minimum absolute atomic E-state index is 0.146. The van der Waals surface area contributed by atoms with Gasteiger partial charge in [0.25, 0.3) is 0 Å². The van der Waals surface area contributed by atoms with E-state index in [1.165, 1.54) is 6.26 Å². The third-order valence-corrected chi connectivity index (χ3v) is 5.97. The molecule has 1 heterocycles. The quantitative estimate of drug-likeness (QED) is 0.884. The third kappa shape index (κ3) is 2.64. The van der Waals surface area contributed by atoms with Gasteiger partial charge in [-0.3, -0.25) is 0 Å². The molecule has 0 bridgehead atoms. The van der Waals surface area contributed by atoms with Crippen LogP contribution in [0, 0.1) is 0 Å². The van der Waals surface area contributed by atoms with Gasteiger partial charge in [-0.25, -0.2) is 8.42 Å². The maximum Gasteiger partial charge on any atom is 0.154 e. The fourth-order valence-electron chi connectivity index (χ4n) is 1.56. The van der Waals surface area contributed by atoms with E-state index in [9.17, 15) is 8.42 Å². The van der Waals surface area contributed by atoms with Crippen LogP contribution in [0.25, 0.3) is 0 Å². The van der Waals surface area contributed by atoms with E-state index >= 15 is 0 Å². The highest BCUT2D eigenvalue weighted by molar-refractivity contribution is 7.92. The van der Waals surface area contributed by atoms with Crippen molar-refractivity contribution in [2.45, 2.75) is 31.6 Å². The van der Waals surface area contributed by atoms with Crippen LogP contribution in [0.3, 0.4) is 0 Å². The van der Waals surface area contributed by atoms with Gasteiger partial charge in [0.1, 0.15) is 0 Å². The fraction of sp³-hybridized carbons (Fsp3) is 0.636. The predicted molar refractivity (Wildman–Crippen MR) is 69.7 cm³/mol. The van der Waals surface area contributed by atoms with Crippen LogP contribution >= 0.6 is 11.3 Å². The molecule has 0 aliphatic rings. The highest BCUT2D eigenvalue weighted by Crippen LogP contribution is 2.34. The molecule has 5 heteroatoms. The van der Waals surface area contributed by atoms with Gasteiger partial charge in [0.2, 0.25) is 0 Å². The molecule has 1 N–H and O–H groups in total. The van der Waals surface area contributed by atoms with E-state index in [0.29, 0.717) is 0 Å². The van der Waals surface area contributed by atoms with Gasteiger partial charge in [-0.15, -0.1) is 11.3 Å². The molecule has 0 spiro atoms. The molecule has 1 rings (SSSR count). The Morgan fingerprint density at radius 1 is 1.50 bits per heavy atom. The molecule has 0 saturated carbocycles. The number of hydrogen-bond acceptors (Lipinski definition) is 4. The SMILES string of the molecule is CCNC(c1cccs1)C(C)(C)S(C)(=O)=O. The van der Waals surface area contributed by atoms with Gasteiger partial charge in [-0.2, -0.15) is 0 Å². The van der Waals surface area contributed by atoms with Crippen molar-refractivity contribution >= 4 is 21.2 Å². The summed E-state index contributed by atoms with van der Waals surface area (Å²) in [6.07, 6.45) is 1.30. The molecule has 0 aliphatic carbocycles. The van der Waals surface area contributed by atoms with E-state index in [4.69, 9.17) is 0 Å². The summed E-state index contributed by atoms with van der Waals surface area (Å²) in [6.45, 7) is 6.28. The molecule has 1 aromatic heterocycles. The molecule has 0 radical (unpaired) electrons. The molecule has 92 valence electrons. The second-order valence-electron chi connectivity index (χ2n) is 4.38. The van der Waals surface area contributed by atoms with Gasteiger partial charge in [0.15, 0.2) is 9.84 Å². The number of rotatable bonds is 5. The Morgan fingerprint density at radius 2 is 2.12 bits per heavy atom. The Balaban J connectivity index is 3.13. The maximum absolute atomic E-state index is 11.8. The Labute approximate surface area is 102 Å². The van der Waals surface area contributed by atoms with Crippen molar-refractivity contribution in [2.75, 3.05) is 12.8 Å². The summed E-state index contributed by atoms with van der Waals surface area (Å²) in [5.74, 6) is 0. The zero-order valence-electron chi connectivity index (χ0n) is 10.1. The number of hydrogen-bond donors (Lipinski definition) is 1. The molecule has 0 fully saturated rings. The Morgan fingerprint density at radius 3 is 2.50 bits per heavy atom. The second-order valence-corrected chi connectivity index (χ2v) is 7.96. The monoisotopic (exact) mass is 261 g/mol. The number of thiophene rings is 1. The molecule has 3 nitrogen and oxygen atoms in total. The average Bonchev–Trinajstić information content (AvgIpc) is 2.64. The number of sulfone groups is 1. The summed E-state index contributed by atoms with van der Waals surface area (Å²) in [5.41, 5.74) is 0. The van der Waals surface area contributed by atoms with Crippen LogP contribution in [0.4, 0.5) is 0 Å². The van der Waals surface area contributed by atoms with Gasteiger partial charge >= 0.3 is 0 Å². The van der Waals surface area contributed by atoms with E-state index < -0.39 is 14.6 Å². The first-order valence-corrected chi connectivity index (χ1v) is 8.04. The molecular weight excluding hydrogens is 242 g/mol. The zero-order chi connectivity index (χ0) is 12.4. The highest BCUT2D eigenvalue weighted by Gasteiger charge is 2.39. The summed E-state index contributed by atoms with van der Waals surface area (Å²) in [4.78, 5) is 1.07. The lowest BCUT2D eigenvalue weighted by Crippen LogP contribution is -2.44. The highest BCUT2D eigenvalue weighted by atomic mass is 32.2. The molecule has 0 aliphatic heterocycles. The Bertz CT molecular complexity index is 421. The first-order chi connectivity index (χ1) is 7.30. The normalized spacial score (nSPS) is 15.0. The molecule has 1 atom stereocenters. The minimum atomic E-state index is -3.11. The molecule has 0 aromatic carbocycles. The molecular formula is C11H19NO2S2. The first kappa shape index (κ1) is 13.7. The summed E-state index contributed by atoms with van der Waals surface area (Å²) in [6, 6.07) is 3.78. The van der Waals surface area contributed by atoms with Crippen LogP contribution in [-0.2, 0) is 9.84 Å². The van der Waals surface area contributed by atoms with Crippen LogP contribution < -0.4 is 5.32 Å². The summed E-state index contributed by atoms with van der Waals surface area (Å²) < 4.78 is 22.9. The lowest BCUT2D eigenvalue weighted by Gasteiger charge is -2.32. The van der Waals surface area contributed by atoms with Crippen molar-refractivity contribution in [3.05, 3.63) is 22.4 Å². The summed E-state index contributed by atoms with van der Waals surface area (Å²) in [7, 11) is -3.11. The first-order valence-electron chi connectivity index (χ1n) is 5.27. The van der Waals surface area contributed by atoms with Crippen molar-refractivity contribution in [3.63, 3.8) is 0 Å². The van der Waals surface area contributed by atoms with Crippen molar-refractivity contribution in [3.8, 4) is 0 Å². The van der Waals surface area contributed by atoms with E-state index in [-0.39, 0.29) is 6.04 Å². The van der Waals surface area contributed by atoms with Crippen molar-refractivity contribution in [2.24, 2.45) is 0 Å². The van der Waals surface area contributed by atoms with Crippen molar-refractivity contribution in [1.29, 1.82) is 0 Å². The molecule has 16 heavy (non-hydrogen) atoms. The van der Waals surface area contributed by atoms with Crippen LogP contribution in [0.15, 0.2) is 17.5 Å². The minimum Gasteiger partial charge on any atom is -0.308 e. The average molecular weight is 261 g/mol. The van der Waals surface area contributed by atoms with Crippen molar-refractivity contribution < 1.29 is 8.42 Å². The van der Waals surface area contributed by atoms with E-state index in [1.54, 1.807) is 25.2 Å². The maximum atomic E-state index is 11.8.